The van der Waals surface area contributed by atoms with Gasteiger partial charge in [-0.05, 0) is 78.2 Å². The molecule has 0 heterocycles. The number of nitrogens with one attached hydrogen (secondary N) is 2. The van der Waals surface area contributed by atoms with Crippen molar-refractivity contribution in [3.05, 3.63) is 126 Å². The molecule has 0 unspecified atom stereocenters. The van der Waals surface area contributed by atoms with E-state index in [2.05, 4.69) is 10.0 Å². The van der Waals surface area contributed by atoms with Gasteiger partial charge in [-0.2, -0.15) is 0 Å². The number of hydrogen-bond acceptors (Lipinski definition) is 5. The Morgan fingerprint density at radius 3 is 2.05 bits per heavy atom. The largest absolute Gasteiger partial charge is 0.484 e. The molecular weight excluding hydrogens is 588 g/mol. The van der Waals surface area contributed by atoms with E-state index in [9.17, 15) is 26.8 Å². The van der Waals surface area contributed by atoms with E-state index in [1.165, 1.54) is 53.4 Å². The van der Waals surface area contributed by atoms with Gasteiger partial charge in [-0.1, -0.05) is 49.4 Å². The molecule has 0 aliphatic heterocycles. The highest BCUT2D eigenvalue weighted by Gasteiger charge is 2.30. The number of halogens is 2. The second kappa shape index (κ2) is 15.1. The summed E-state index contributed by atoms with van der Waals surface area (Å²) in [6.07, 6.45) is 0.959. The molecule has 0 bridgehead atoms. The summed E-state index contributed by atoms with van der Waals surface area (Å²) in [5, 5.41) is 2.88. The fraction of sp³-hybridized carbons (Fsp3) is 0.212. The number of anilines is 1. The third-order valence-electron chi connectivity index (χ3n) is 6.68. The topological polar surface area (TPSA) is 105 Å². The monoisotopic (exact) mass is 621 g/mol. The van der Waals surface area contributed by atoms with Gasteiger partial charge in [-0.3, -0.25) is 14.3 Å². The smallest absolute Gasteiger partial charge is 0.261 e. The zero-order chi connectivity index (χ0) is 31.5. The van der Waals surface area contributed by atoms with Crippen LogP contribution in [0.4, 0.5) is 14.5 Å². The lowest BCUT2D eigenvalue weighted by Crippen LogP contribution is -2.51. The standard InChI is InChI=1S/C33H33F2N3O5S/c1-2-20-36-33(40)31(21-24-6-4-3-5-7-24)38(22-25-8-10-26(34)11-9-25)32(39)23-43-29-16-18-30(19-17-29)44(41,42)37-28-14-12-27(35)13-15-28/h3-19,31,37H,2,20-23H2,1H3,(H,36,40)/t31-/m1/s1. The molecular formula is C33H33F2N3O5S. The van der Waals surface area contributed by atoms with Crippen molar-refractivity contribution in [1.29, 1.82) is 0 Å². The van der Waals surface area contributed by atoms with E-state index in [4.69, 9.17) is 4.74 Å². The maximum Gasteiger partial charge on any atom is 0.261 e. The van der Waals surface area contributed by atoms with Crippen molar-refractivity contribution < 1.29 is 31.5 Å². The number of sulfonamides is 1. The molecule has 1 atom stereocenters. The number of nitrogens with zero attached hydrogens (tertiary/aromatic N) is 1. The Balaban J connectivity index is 1.52. The molecule has 4 rings (SSSR count). The SMILES string of the molecule is CCCNC(=O)[C@@H](Cc1ccccc1)N(Cc1ccc(F)cc1)C(=O)COc1ccc(S(=O)(=O)Nc2ccc(F)cc2)cc1. The highest BCUT2D eigenvalue weighted by molar-refractivity contribution is 7.92. The van der Waals surface area contributed by atoms with Gasteiger partial charge in [0, 0.05) is 25.2 Å². The molecule has 0 saturated heterocycles. The van der Waals surface area contributed by atoms with Crippen LogP contribution < -0.4 is 14.8 Å². The normalized spacial score (nSPS) is 11.8. The van der Waals surface area contributed by atoms with Crippen LogP contribution in [0.1, 0.15) is 24.5 Å². The Labute approximate surface area is 255 Å². The fourth-order valence-corrected chi connectivity index (χ4v) is 5.44. The van der Waals surface area contributed by atoms with Gasteiger partial charge >= 0.3 is 0 Å². The van der Waals surface area contributed by atoms with E-state index in [1.807, 2.05) is 37.3 Å². The first-order valence-corrected chi connectivity index (χ1v) is 15.5. The molecule has 0 aliphatic rings. The number of amides is 2. The molecule has 0 fully saturated rings. The number of rotatable bonds is 14. The van der Waals surface area contributed by atoms with Crippen molar-refractivity contribution in [2.24, 2.45) is 0 Å². The Morgan fingerprint density at radius 2 is 1.43 bits per heavy atom. The molecule has 2 N–H and O–H groups in total. The van der Waals surface area contributed by atoms with E-state index in [-0.39, 0.29) is 35.2 Å². The minimum Gasteiger partial charge on any atom is -0.484 e. The van der Waals surface area contributed by atoms with Crippen molar-refractivity contribution in [3.63, 3.8) is 0 Å². The molecule has 0 radical (unpaired) electrons. The summed E-state index contributed by atoms with van der Waals surface area (Å²) >= 11 is 0. The van der Waals surface area contributed by atoms with Gasteiger partial charge in [0.05, 0.1) is 4.90 Å². The number of hydrogen-bond donors (Lipinski definition) is 2. The highest BCUT2D eigenvalue weighted by Crippen LogP contribution is 2.21. The van der Waals surface area contributed by atoms with E-state index in [0.29, 0.717) is 18.5 Å². The van der Waals surface area contributed by atoms with Crippen LogP contribution in [0.5, 0.6) is 5.75 Å². The quantitative estimate of drug-likeness (QED) is 0.199. The lowest BCUT2D eigenvalue weighted by molar-refractivity contribution is -0.142. The molecule has 8 nitrogen and oxygen atoms in total. The van der Waals surface area contributed by atoms with Crippen LogP contribution >= 0.6 is 0 Å². The van der Waals surface area contributed by atoms with Crippen molar-refractivity contribution in [2.75, 3.05) is 17.9 Å². The maximum absolute atomic E-state index is 13.7. The summed E-state index contributed by atoms with van der Waals surface area (Å²) in [6, 6.07) is 24.5. The van der Waals surface area contributed by atoms with E-state index < -0.39 is 40.2 Å². The van der Waals surface area contributed by atoms with E-state index in [1.54, 1.807) is 12.1 Å². The van der Waals surface area contributed by atoms with Crippen LogP contribution in [0, 0.1) is 11.6 Å². The average molecular weight is 622 g/mol. The molecule has 0 spiro atoms. The zero-order valence-corrected chi connectivity index (χ0v) is 24.9. The summed E-state index contributed by atoms with van der Waals surface area (Å²) in [5.41, 5.74) is 1.68. The summed E-state index contributed by atoms with van der Waals surface area (Å²) in [4.78, 5) is 28.4. The minimum atomic E-state index is -3.96. The second-order valence-electron chi connectivity index (χ2n) is 10.0. The molecule has 4 aromatic rings. The third-order valence-corrected chi connectivity index (χ3v) is 8.08. The van der Waals surface area contributed by atoms with Crippen molar-refractivity contribution in [1.82, 2.24) is 10.2 Å². The zero-order valence-electron chi connectivity index (χ0n) is 24.1. The minimum absolute atomic E-state index is 0.0335. The van der Waals surface area contributed by atoms with Gasteiger partial charge in [0.2, 0.25) is 5.91 Å². The lowest BCUT2D eigenvalue weighted by atomic mass is 10.0. The number of benzene rings is 4. The van der Waals surface area contributed by atoms with Crippen molar-refractivity contribution in [2.45, 2.75) is 37.2 Å². The van der Waals surface area contributed by atoms with Gasteiger partial charge in [0.15, 0.2) is 6.61 Å². The summed E-state index contributed by atoms with van der Waals surface area (Å²) in [6.45, 7) is 1.96. The predicted molar refractivity (Wildman–Crippen MR) is 163 cm³/mol. The number of ether oxygens (including phenoxy) is 1. The molecule has 230 valence electrons. The van der Waals surface area contributed by atoms with Gasteiger partial charge < -0.3 is 15.0 Å². The first-order chi connectivity index (χ1) is 21.1. The average Bonchev–Trinajstić information content (AvgIpc) is 3.03. The molecule has 11 heteroatoms. The molecule has 4 aromatic carbocycles. The van der Waals surface area contributed by atoms with Crippen LogP contribution in [0.15, 0.2) is 108 Å². The van der Waals surface area contributed by atoms with E-state index in [0.717, 1.165) is 17.7 Å². The first kappa shape index (κ1) is 32.2. The Bertz CT molecular complexity index is 1630. The molecule has 0 aromatic heterocycles. The van der Waals surface area contributed by atoms with Gasteiger partial charge in [0.1, 0.15) is 23.4 Å². The summed E-state index contributed by atoms with van der Waals surface area (Å²) in [5.74, 6) is -1.50. The molecule has 2 amide bonds. The highest BCUT2D eigenvalue weighted by atomic mass is 32.2. The number of carbonyl (C=O) groups is 2. The Morgan fingerprint density at radius 1 is 0.818 bits per heavy atom. The van der Waals surface area contributed by atoms with Crippen LogP contribution in [0.25, 0.3) is 0 Å². The maximum atomic E-state index is 13.7. The molecule has 0 saturated carbocycles. The van der Waals surface area contributed by atoms with E-state index >= 15 is 0 Å². The van der Waals surface area contributed by atoms with Crippen LogP contribution in [-0.4, -0.2) is 44.3 Å². The summed E-state index contributed by atoms with van der Waals surface area (Å²) < 4.78 is 60.4. The summed E-state index contributed by atoms with van der Waals surface area (Å²) in [7, 11) is -3.96. The van der Waals surface area contributed by atoms with Crippen LogP contribution in [0.3, 0.4) is 0 Å². The first-order valence-electron chi connectivity index (χ1n) is 14.0. The molecule has 44 heavy (non-hydrogen) atoms. The van der Waals surface area contributed by atoms with Gasteiger partial charge in [0.25, 0.3) is 15.9 Å². The third kappa shape index (κ3) is 9.11. The fourth-order valence-electron chi connectivity index (χ4n) is 4.38. The van der Waals surface area contributed by atoms with Crippen LogP contribution in [0.2, 0.25) is 0 Å². The van der Waals surface area contributed by atoms with Gasteiger partial charge in [-0.25, -0.2) is 17.2 Å². The Hall–Kier alpha value is -4.77. The number of carbonyl (C=O) groups excluding carboxylic acids is 2. The second-order valence-corrected chi connectivity index (χ2v) is 11.7. The van der Waals surface area contributed by atoms with Crippen molar-refractivity contribution in [3.8, 4) is 5.75 Å². The predicted octanol–water partition coefficient (Wildman–Crippen LogP) is 5.31. The lowest BCUT2D eigenvalue weighted by Gasteiger charge is -2.31. The molecule has 0 aliphatic carbocycles. The Kier molecular flexibility index (Phi) is 11.0. The van der Waals surface area contributed by atoms with Crippen molar-refractivity contribution >= 4 is 27.5 Å². The van der Waals surface area contributed by atoms with Gasteiger partial charge in [-0.15, -0.1) is 0 Å². The van der Waals surface area contributed by atoms with Crippen LogP contribution in [-0.2, 0) is 32.6 Å².